The summed E-state index contributed by atoms with van der Waals surface area (Å²) in [6.45, 7) is 3.79. The Morgan fingerprint density at radius 2 is 2.14 bits per heavy atom. The molecule has 0 bridgehead atoms. The van der Waals surface area contributed by atoms with Crippen LogP contribution in [0.1, 0.15) is 12.8 Å². The maximum Gasteiger partial charge on any atom is 0.294 e. The lowest BCUT2D eigenvalue weighted by atomic mass is 9.98. The van der Waals surface area contributed by atoms with E-state index < -0.39 is 5.09 Å². The Kier molecular flexibility index (Phi) is 4.61. The van der Waals surface area contributed by atoms with E-state index in [1.165, 1.54) is 0 Å². The highest BCUT2D eigenvalue weighted by Gasteiger charge is 2.19. The van der Waals surface area contributed by atoms with Crippen molar-refractivity contribution in [2.75, 3.05) is 32.8 Å². The minimum atomic E-state index is -0.716. The van der Waals surface area contributed by atoms with Gasteiger partial charge in [0.25, 0.3) is 5.09 Å². The minimum Gasteiger partial charge on any atom is -0.329 e. The summed E-state index contributed by atoms with van der Waals surface area (Å²) in [6.07, 6.45) is 1.93. The summed E-state index contributed by atoms with van der Waals surface area (Å²) < 4.78 is 0. The molecule has 0 spiro atoms. The fraction of sp³-hybridized carbons (Fsp3) is 1.00. The first-order valence-electron chi connectivity index (χ1n) is 4.92. The number of nitrogens with two attached hydrogens (primary N) is 1. The molecule has 0 radical (unpaired) electrons. The molecule has 0 amide bonds. The van der Waals surface area contributed by atoms with E-state index in [4.69, 9.17) is 5.73 Å². The Balaban J connectivity index is 2.12. The molecule has 2 N–H and O–H groups in total. The summed E-state index contributed by atoms with van der Waals surface area (Å²) in [5, 5.41) is 9.25. The molecule has 1 aliphatic rings. The highest BCUT2D eigenvalue weighted by atomic mass is 16.9. The van der Waals surface area contributed by atoms with Crippen molar-refractivity contribution in [2.45, 2.75) is 12.8 Å². The third-order valence-corrected chi connectivity index (χ3v) is 2.57. The Hall–Kier alpha value is -0.880. The molecule has 1 rings (SSSR count). The van der Waals surface area contributed by atoms with Gasteiger partial charge in [-0.25, -0.2) is 0 Å². The maximum absolute atomic E-state index is 9.97. The first kappa shape index (κ1) is 11.2. The lowest BCUT2D eigenvalue weighted by Crippen LogP contribution is -2.38. The van der Waals surface area contributed by atoms with Crippen molar-refractivity contribution in [2.24, 2.45) is 11.7 Å². The van der Waals surface area contributed by atoms with Crippen LogP contribution >= 0.6 is 0 Å². The molecular weight excluding hydrogens is 186 g/mol. The van der Waals surface area contributed by atoms with Crippen LogP contribution in [0.4, 0.5) is 0 Å². The Labute approximate surface area is 83.1 Å². The number of nitrogens with zero attached hydrogens (tertiary/aromatic N) is 2. The molecule has 0 aliphatic carbocycles. The van der Waals surface area contributed by atoms with Crippen molar-refractivity contribution in [3.63, 3.8) is 0 Å². The lowest BCUT2D eigenvalue weighted by molar-refractivity contribution is -0.759. The van der Waals surface area contributed by atoms with Crippen molar-refractivity contribution in [3.05, 3.63) is 10.1 Å². The molecule has 6 nitrogen and oxygen atoms in total. The van der Waals surface area contributed by atoms with Gasteiger partial charge in [0, 0.05) is 13.1 Å². The van der Waals surface area contributed by atoms with E-state index in [0.29, 0.717) is 12.5 Å². The van der Waals surface area contributed by atoms with Gasteiger partial charge in [-0.1, -0.05) is 0 Å². The number of piperidine rings is 1. The van der Waals surface area contributed by atoms with Gasteiger partial charge in [-0.15, -0.1) is 10.1 Å². The molecule has 0 unspecified atom stereocenters. The maximum atomic E-state index is 9.97. The molecule has 14 heavy (non-hydrogen) atoms. The van der Waals surface area contributed by atoms with Crippen LogP contribution in [0.25, 0.3) is 0 Å². The zero-order valence-corrected chi connectivity index (χ0v) is 8.22. The minimum absolute atomic E-state index is 0.240. The van der Waals surface area contributed by atoms with Gasteiger partial charge in [0.05, 0.1) is 6.61 Å². The summed E-state index contributed by atoms with van der Waals surface area (Å²) in [5.74, 6) is 0.328. The normalized spacial score (nSPS) is 19.5. The zero-order valence-electron chi connectivity index (χ0n) is 8.22. The molecule has 0 aromatic heterocycles. The van der Waals surface area contributed by atoms with Crippen LogP contribution < -0.4 is 5.73 Å². The second kappa shape index (κ2) is 5.77. The molecule has 0 atom stereocenters. The molecule has 0 aromatic rings. The summed E-state index contributed by atoms with van der Waals surface area (Å²) in [5.41, 5.74) is 5.44. The topological polar surface area (TPSA) is 81.6 Å². The Morgan fingerprint density at radius 3 is 2.64 bits per heavy atom. The van der Waals surface area contributed by atoms with E-state index in [9.17, 15) is 10.1 Å². The summed E-state index contributed by atoms with van der Waals surface area (Å²) in [6, 6.07) is 0. The third-order valence-electron chi connectivity index (χ3n) is 2.57. The van der Waals surface area contributed by atoms with Crippen LogP contribution in [0.15, 0.2) is 0 Å². The zero-order chi connectivity index (χ0) is 10.4. The Bertz CT molecular complexity index is 181. The molecule has 1 heterocycles. The summed E-state index contributed by atoms with van der Waals surface area (Å²) in [4.78, 5) is 16.6. The van der Waals surface area contributed by atoms with Crippen LogP contribution in [0, 0.1) is 16.0 Å². The third kappa shape index (κ3) is 3.89. The SMILES string of the molecule is NCCN1CCC(CO[N+](=O)[O-])CC1. The summed E-state index contributed by atoms with van der Waals surface area (Å²) >= 11 is 0. The second-order valence-electron chi connectivity index (χ2n) is 3.59. The first-order chi connectivity index (χ1) is 6.72. The van der Waals surface area contributed by atoms with Crippen LogP contribution in [0.3, 0.4) is 0 Å². The molecule has 0 saturated carbocycles. The number of hydrogen-bond donors (Lipinski definition) is 1. The average molecular weight is 203 g/mol. The molecule has 1 aliphatic heterocycles. The number of likely N-dealkylation sites (tertiary alicyclic amines) is 1. The lowest BCUT2D eigenvalue weighted by Gasteiger charge is -2.30. The van der Waals surface area contributed by atoms with Gasteiger partial charge in [-0.2, -0.15) is 0 Å². The Morgan fingerprint density at radius 1 is 1.50 bits per heavy atom. The predicted molar refractivity (Wildman–Crippen MR) is 51.2 cm³/mol. The van der Waals surface area contributed by atoms with Gasteiger partial charge in [0.1, 0.15) is 0 Å². The van der Waals surface area contributed by atoms with Gasteiger partial charge in [0.2, 0.25) is 0 Å². The van der Waals surface area contributed by atoms with Gasteiger partial charge in [-0.3, -0.25) is 0 Å². The highest BCUT2D eigenvalue weighted by Crippen LogP contribution is 2.16. The van der Waals surface area contributed by atoms with Crippen molar-refractivity contribution >= 4 is 0 Å². The number of rotatable bonds is 5. The van der Waals surface area contributed by atoms with E-state index in [1.807, 2.05) is 0 Å². The number of hydrogen-bond acceptors (Lipinski definition) is 5. The second-order valence-corrected chi connectivity index (χ2v) is 3.59. The van der Waals surface area contributed by atoms with E-state index in [0.717, 1.165) is 32.5 Å². The predicted octanol–water partition coefficient (Wildman–Crippen LogP) is -0.135. The van der Waals surface area contributed by atoms with E-state index in [1.54, 1.807) is 0 Å². The van der Waals surface area contributed by atoms with Crippen LogP contribution in [-0.2, 0) is 4.84 Å². The van der Waals surface area contributed by atoms with Crippen molar-refractivity contribution in [1.29, 1.82) is 0 Å². The average Bonchev–Trinajstić information content (AvgIpc) is 2.17. The van der Waals surface area contributed by atoms with Gasteiger partial charge in [-0.05, 0) is 31.8 Å². The van der Waals surface area contributed by atoms with E-state index in [2.05, 4.69) is 9.74 Å². The standard InChI is InChI=1S/C8H17N3O3/c9-3-6-10-4-1-8(2-5-10)7-14-11(12)13/h8H,1-7,9H2. The van der Waals surface area contributed by atoms with Crippen molar-refractivity contribution in [1.82, 2.24) is 4.90 Å². The van der Waals surface area contributed by atoms with E-state index >= 15 is 0 Å². The quantitative estimate of drug-likeness (QED) is 0.497. The largest absolute Gasteiger partial charge is 0.329 e. The highest BCUT2D eigenvalue weighted by molar-refractivity contribution is 4.71. The molecule has 0 aromatic carbocycles. The first-order valence-corrected chi connectivity index (χ1v) is 4.92. The van der Waals surface area contributed by atoms with Crippen LogP contribution in [0.5, 0.6) is 0 Å². The fourth-order valence-corrected chi connectivity index (χ4v) is 1.73. The van der Waals surface area contributed by atoms with Gasteiger partial charge < -0.3 is 15.5 Å². The van der Waals surface area contributed by atoms with Crippen molar-refractivity contribution in [3.8, 4) is 0 Å². The van der Waals surface area contributed by atoms with Gasteiger partial charge >= 0.3 is 0 Å². The van der Waals surface area contributed by atoms with Crippen LogP contribution in [-0.4, -0.2) is 42.8 Å². The fourth-order valence-electron chi connectivity index (χ4n) is 1.73. The van der Waals surface area contributed by atoms with E-state index in [-0.39, 0.29) is 6.61 Å². The molecular formula is C8H17N3O3. The molecule has 82 valence electrons. The van der Waals surface area contributed by atoms with Crippen LogP contribution in [0.2, 0.25) is 0 Å². The summed E-state index contributed by atoms with van der Waals surface area (Å²) in [7, 11) is 0. The molecule has 1 saturated heterocycles. The van der Waals surface area contributed by atoms with Crippen molar-refractivity contribution < 1.29 is 9.92 Å². The monoisotopic (exact) mass is 203 g/mol. The smallest absolute Gasteiger partial charge is 0.294 e. The van der Waals surface area contributed by atoms with Gasteiger partial charge in [0.15, 0.2) is 0 Å². The molecule has 1 fully saturated rings. The molecule has 6 heteroatoms.